The van der Waals surface area contributed by atoms with Gasteiger partial charge >= 0.3 is 5.97 Å². The molecule has 2 heterocycles. The summed E-state index contributed by atoms with van der Waals surface area (Å²) in [6.45, 7) is 1.65. The first kappa shape index (κ1) is 12.9. The van der Waals surface area contributed by atoms with Gasteiger partial charge in [-0.15, -0.1) is 0 Å². The van der Waals surface area contributed by atoms with Gasteiger partial charge in [0.2, 0.25) is 5.91 Å². The number of carbonyl (C=O) groups excluding carboxylic acids is 1. The highest BCUT2D eigenvalue weighted by Gasteiger charge is 2.41. The molecule has 0 aliphatic carbocycles. The third-order valence-electron chi connectivity index (χ3n) is 4.06. The number of amides is 1. The number of anilines is 2. The van der Waals surface area contributed by atoms with Crippen LogP contribution in [0.3, 0.4) is 0 Å². The first-order valence-corrected chi connectivity index (χ1v) is 6.61. The molecule has 0 bridgehead atoms. The number of ether oxygens (including phenoxy) is 1. The van der Waals surface area contributed by atoms with Gasteiger partial charge in [0, 0.05) is 19.8 Å². The first-order valence-electron chi connectivity index (χ1n) is 6.61. The molecule has 1 fully saturated rings. The van der Waals surface area contributed by atoms with E-state index in [4.69, 9.17) is 9.84 Å². The molecule has 3 rings (SSSR count). The van der Waals surface area contributed by atoms with Gasteiger partial charge < -0.3 is 20.5 Å². The van der Waals surface area contributed by atoms with E-state index in [1.807, 2.05) is 0 Å². The molecule has 20 heavy (non-hydrogen) atoms. The van der Waals surface area contributed by atoms with E-state index in [0.717, 1.165) is 0 Å². The topological polar surface area (TPSA) is 87.7 Å². The van der Waals surface area contributed by atoms with E-state index in [9.17, 15) is 9.59 Å². The number of rotatable bonds is 1. The van der Waals surface area contributed by atoms with Gasteiger partial charge in [0.05, 0.1) is 22.4 Å². The quantitative estimate of drug-likeness (QED) is 0.724. The Hall–Kier alpha value is -2.08. The van der Waals surface area contributed by atoms with E-state index in [1.165, 1.54) is 6.07 Å². The second-order valence-electron chi connectivity index (χ2n) is 5.27. The van der Waals surface area contributed by atoms with Crippen molar-refractivity contribution in [2.45, 2.75) is 12.8 Å². The summed E-state index contributed by atoms with van der Waals surface area (Å²) < 4.78 is 5.33. The van der Waals surface area contributed by atoms with E-state index in [-0.39, 0.29) is 11.5 Å². The lowest BCUT2D eigenvalue weighted by atomic mass is 9.79. The van der Waals surface area contributed by atoms with Gasteiger partial charge in [0.15, 0.2) is 0 Å². The van der Waals surface area contributed by atoms with Crippen LogP contribution in [0.25, 0.3) is 0 Å². The zero-order valence-electron chi connectivity index (χ0n) is 10.9. The Labute approximate surface area is 116 Å². The summed E-state index contributed by atoms with van der Waals surface area (Å²) in [4.78, 5) is 23.5. The average Bonchev–Trinajstić information content (AvgIpc) is 2.58. The summed E-state index contributed by atoms with van der Waals surface area (Å²) >= 11 is 0. The smallest absolute Gasteiger partial charge is 0.335 e. The number of aromatic carboxylic acids is 1. The second-order valence-corrected chi connectivity index (χ2v) is 5.27. The van der Waals surface area contributed by atoms with Crippen LogP contribution in [0.15, 0.2) is 18.2 Å². The number of carbonyl (C=O) groups is 2. The Morgan fingerprint density at radius 3 is 2.70 bits per heavy atom. The van der Waals surface area contributed by atoms with Crippen molar-refractivity contribution in [2.75, 3.05) is 30.4 Å². The van der Waals surface area contributed by atoms with Gasteiger partial charge in [-0.3, -0.25) is 4.79 Å². The van der Waals surface area contributed by atoms with Gasteiger partial charge in [0.1, 0.15) is 0 Å². The van der Waals surface area contributed by atoms with Crippen LogP contribution in [0.1, 0.15) is 23.2 Å². The maximum absolute atomic E-state index is 12.4. The molecule has 0 saturated carbocycles. The normalized spacial score (nSPS) is 20.5. The third-order valence-corrected chi connectivity index (χ3v) is 4.06. The van der Waals surface area contributed by atoms with Crippen molar-refractivity contribution in [3.63, 3.8) is 0 Å². The predicted octanol–water partition coefficient (Wildman–Crippen LogP) is 1.55. The molecule has 1 saturated heterocycles. The monoisotopic (exact) mass is 276 g/mol. The Morgan fingerprint density at radius 2 is 2.00 bits per heavy atom. The van der Waals surface area contributed by atoms with Crippen LogP contribution in [0.2, 0.25) is 0 Å². The van der Waals surface area contributed by atoms with Gasteiger partial charge in [-0.2, -0.15) is 0 Å². The van der Waals surface area contributed by atoms with Crippen molar-refractivity contribution in [2.24, 2.45) is 5.41 Å². The first-order chi connectivity index (χ1) is 9.61. The average molecular weight is 276 g/mol. The highest BCUT2D eigenvalue weighted by atomic mass is 16.5. The zero-order valence-corrected chi connectivity index (χ0v) is 10.9. The second kappa shape index (κ2) is 4.79. The Morgan fingerprint density at radius 1 is 1.25 bits per heavy atom. The van der Waals surface area contributed by atoms with Crippen molar-refractivity contribution in [1.82, 2.24) is 0 Å². The van der Waals surface area contributed by atoms with E-state index in [2.05, 4.69) is 10.6 Å². The molecule has 1 spiro atoms. The Kier molecular flexibility index (Phi) is 3.10. The molecule has 6 heteroatoms. The number of benzene rings is 1. The third kappa shape index (κ3) is 2.12. The van der Waals surface area contributed by atoms with Crippen molar-refractivity contribution < 1.29 is 19.4 Å². The molecule has 3 N–H and O–H groups in total. The minimum absolute atomic E-state index is 0.0184. The molecule has 1 amide bonds. The molecule has 2 aliphatic heterocycles. The van der Waals surface area contributed by atoms with Gasteiger partial charge in [-0.25, -0.2) is 4.79 Å². The van der Waals surface area contributed by atoms with E-state index in [1.54, 1.807) is 12.1 Å². The fourth-order valence-electron chi connectivity index (χ4n) is 2.70. The Balaban J connectivity index is 1.92. The highest BCUT2D eigenvalue weighted by molar-refractivity contribution is 6.01. The lowest BCUT2D eigenvalue weighted by Crippen LogP contribution is -2.44. The van der Waals surface area contributed by atoms with Crippen LogP contribution in [-0.2, 0) is 9.53 Å². The Bertz CT molecular complexity index is 564. The summed E-state index contributed by atoms with van der Waals surface area (Å²) in [5.74, 6) is -0.999. The molecule has 106 valence electrons. The van der Waals surface area contributed by atoms with Crippen LogP contribution >= 0.6 is 0 Å². The van der Waals surface area contributed by atoms with Crippen LogP contribution in [0, 0.1) is 5.41 Å². The SMILES string of the molecule is O=C(O)c1ccc2c(c1)NCC1(CCOCC1)C(=O)N2. The van der Waals surface area contributed by atoms with E-state index < -0.39 is 11.4 Å². The van der Waals surface area contributed by atoms with Gasteiger partial charge in [-0.05, 0) is 31.0 Å². The van der Waals surface area contributed by atoms with Crippen molar-refractivity contribution in [1.29, 1.82) is 0 Å². The summed E-state index contributed by atoms with van der Waals surface area (Å²) in [5.41, 5.74) is 1.01. The fourth-order valence-corrected chi connectivity index (χ4v) is 2.70. The summed E-state index contributed by atoms with van der Waals surface area (Å²) in [6.07, 6.45) is 1.34. The molecule has 1 aromatic carbocycles. The van der Waals surface area contributed by atoms with Crippen LogP contribution in [-0.4, -0.2) is 36.7 Å². The molecule has 0 unspecified atom stereocenters. The molecule has 6 nitrogen and oxygen atoms in total. The molecule has 0 radical (unpaired) electrons. The maximum atomic E-state index is 12.4. The molecule has 2 aliphatic rings. The predicted molar refractivity (Wildman–Crippen MR) is 73.0 cm³/mol. The lowest BCUT2D eigenvalue weighted by molar-refractivity contribution is -0.129. The minimum Gasteiger partial charge on any atom is -0.478 e. The van der Waals surface area contributed by atoms with Crippen molar-refractivity contribution in [3.05, 3.63) is 23.8 Å². The van der Waals surface area contributed by atoms with Crippen molar-refractivity contribution >= 4 is 23.3 Å². The van der Waals surface area contributed by atoms with Crippen LogP contribution in [0.4, 0.5) is 11.4 Å². The number of hydrogen-bond acceptors (Lipinski definition) is 4. The minimum atomic E-state index is -0.981. The molecular formula is C14H16N2O4. The van der Waals surface area contributed by atoms with Crippen LogP contribution in [0.5, 0.6) is 0 Å². The number of fused-ring (bicyclic) bond motifs is 1. The lowest BCUT2D eigenvalue weighted by Gasteiger charge is -2.34. The van der Waals surface area contributed by atoms with Crippen molar-refractivity contribution in [3.8, 4) is 0 Å². The summed E-state index contributed by atoms with van der Waals surface area (Å²) in [7, 11) is 0. The zero-order chi connectivity index (χ0) is 14.2. The number of hydrogen-bond donors (Lipinski definition) is 3. The molecule has 0 atom stereocenters. The molecular weight excluding hydrogens is 260 g/mol. The standard InChI is InChI=1S/C14H16N2O4/c17-12(18)9-1-2-10-11(7-9)15-8-14(13(19)16-10)3-5-20-6-4-14/h1-2,7,15H,3-6,8H2,(H,16,19)(H,17,18). The molecule has 1 aromatic rings. The van der Waals surface area contributed by atoms with Crippen LogP contribution < -0.4 is 10.6 Å². The summed E-state index contributed by atoms with van der Waals surface area (Å²) in [5, 5.41) is 15.1. The number of carboxylic acid groups (broad SMARTS) is 1. The summed E-state index contributed by atoms with van der Waals surface area (Å²) in [6, 6.07) is 4.67. The fraction of sp³-hybridized carbons (Fsp3) is 0.429. The maximum Gasteiger partial charge on any atom is 0.335 e. The van der Waals surface area contributed by atoms with E-state index >= 15 is 0 Å². The highest BCUT2D eigenvalue weighted by Crippen LogP contribution is 2.37. The molecule has 0 aromatic heterocycles. The largest absolute Gasteiger partial charge is 0.478 e. The van der Waals surface area contributed by atoms with Gasteiger partial charge in [-0.1, -0.05) is 0 Å². The van der Waals surface area contributed by atoms with Gasteiger partial charge in [0.25, 0.3) is 0 Å². The number of carboxylic acids is 1. The number of nitrogens with one attached hydrogen (secondary N) is 2. The van der Waals surface area contributed by atoms with E-state index in [0.29, 0.717) is 44.0 Å².